The van der Waals surface area contributed by atoms with Crippen LogP contribution in [-0.4, -0.2) is 82.9 Å². The molecule has 0 saturated carbocycles. The quantitative estimate of drug-likeness (QED) is 0.228. The molecule has 9 nitrogen and oxygen atoms in total. The fourth-order valence-corrected chi connectivity index (χ4v) is 7.43. The number of rotatable bonds is 10. The molecule has 0 radical (unpaired) electrons. The van der Waals surface area contributed by atoms with Gasteiger partial charge in [-0.25, -0.2) is 4.98 Å². The number of carbonyl (C=O) groups excluding carboxylic acids is 2. The van der Waals surface area contributed by atoms with Crippen LogP contribution in [-0.2, 0) is 13.2 Å². The molecule has 4 aromatic rings. The Morgan fingerprint density at radius 1 is 0.796 bits per heavy atom. The van der Waals surface area contributed by atoms with Gasteiger partial charge < -0.3 is 25.6 Å². The lowest BCUT2D eigenvalue weighted by Crippen LogP contribution is -2.45. The Bertz CT molecular complexity index is 1730. The van der Waals surface area contributed by atoms with Gasteiger partial charge in [0.1, 0.15) is 6.61 Å². The van der Waals surface area contributed by atoms with E-state index in [0.717, 1.165) is 68.7 Å². The molecular weight excluding hydrogens is 612 g/mol. The van der Waals surface area contributed by atoms with Crippen LogP contribution in [0, 0.1) is 0 Å². The van der Waals surface area contributed by atoms with E-state index in [1.165, 1.54) is 31.5 Å². The first-order valence-electron chi connectivity index (χ1n) is 17.7. The van der Waals surface area contributed by atoms with E-state index in [2.05, 4.69) is 44.4 Å². The molecule has 3 aromatic carbocycles. The third kappa shape index (κ3) is 8.12. The molecule has 49 heavy (non-hydrogen) atoms. The van der Waals surface area contributed by atoms with Crippen molar-refractivity contribution in [1.29, 1.82) is 0 Å². The van der Waals surface area contributed by atoms with Gasteiger partial charge in [-0.15, -0.1) is 0 Å². The molecule has 254 valence electrons. The SMILES string of the molecule is Nc1ncc(-c2ccc(C(=O)N3CCC(N4CCCC4)CC3)cc2)cc1OCc1cccc(C(=O)NC2CCN(Cc3ccccc3)C2)c1. The molecule has 0 bridgehead atoms. The first-order chi connectivity index (χ1) is 24.0. The van der Waals surface area contributed by atoms with E-state index in [0.29, 0.717) is 28.7 Å². The number of nitrogens with one attached hydrogen (secondary N) is 1. The molecule has 3 aliphatic heterocycles. The second-order valence-corrected chi connectivity index (χ2v) is 13.6. The topological polar surface area (TPSA) is 104 Å². The van der Waals surface area contributed by atoms with Crippen LogP contribution in [0.2, 0.25) is 0 Å². The lowest BCUT2D eigenvalue weighted by atomic mass is 10.0. The van der Waals surface area contributed by atoms with Gasteiger partial charge in [0.2, 0.25) is 0 Å². The first kappa shape index (κ1) is 32.8. The van der Waals surface area contributed by atoms with Gasteiger partial charge in [-0.05, 0) is 92.2 Å². The summed E-state index contributed by atoms with van der Waals surface area (Å²) in [4.78, 5) is 37.7. The van der Waals surface area contributed by atoms with Crippen molar-refractivity contribution in [2.24, 2.45) is 0 Å². The maximum absolute atomic E-state index is 13.3. The fraction of sp³-hybridized carbons (Fsp3) is 0.375. The lowest BCUT2D eigenvalue weighted by molar-refractivity contribution is 0.0644. The molecule has 3 saturated heterocycles. The number of benzene rings is 3. The Morgan fingerprint density at radius 3 is 2.33 bits per heavy atom. The molecule has 0 aliphatic carbocycles. The van der Waals surface area contributed by atoms with Crippen molar-refractivity contribution in [2.75, 3.05) is 45.0 Å². The molecule has 2 amide bonds. The van der Waals surface area contributed by atoms with Crippen molar-refractivity contribution in [3.05, 3.63) is 113 Å². The minimum atomic E-state index is -0.0786. The summed E-state index contributed by atoms with van der Waals surface area (Å²) in [5.41, 5.74) is 11.4. The zero-order valence-corrected chi connectivity index (χ0v) is 28.1. The monoisotopic (exact) mass is 658 g/mol. The van der Waals surface area contributed by atoms with Crippen LogP contribution in [0.15, 0.2) is 91.1 Å². The van der Waals surface area contributed by atoms with Gasteiger partial charge in [0.05, 0.1) is 0 Å². The van der Waals surface area contributed by atoms with Gasteiger partial charge in [0.25, 0.3) is 11.8 Å². The third-order valence-corrected chi connectivity index (χ3v) is 10.2. The van der Waals surface area contributed by atoms with E-state index in [-0.39, 0.29) is 24.5 Å². The molecule has 3 aliphatic rings. The number of ether oxygens (including phenoxy) is 1. The summed E-state index contributed by atoms with van der Waals surface area (Å²) in [6.45, 7) is 6.96. The van der Waals surface area contributed by atoms with Gasteiger partial charge in [-0.2, -0.15) is 0 Å². The molecule has 3 fully saturated rings. The smallest absolute Gasteiger partial charge is 0.253 e. The van der Waals surface area contributed by atoms with Crippen LogP contribution >= 0.6 is 0 Å². The maximum Gasteiger partial charge on any atom is 0.253 e. The van der Waals surface area contributed by atoms with E-state index < -0.39 is 0 Å². The number of likely N-dealkylation sites (tertiary alicyclic amines) is 3. The average molecular weight is 659 g/mol. The van der Waals surface area contributed by atoms with Crippen LogP contribution in [0.5, 0.6) is 5.75 Å². The van der Waals surface area contributed by atoms with Crippen molar-refractivity contribution in [1.82, 2.24) is 25.0 Å². The summed E-state index contributed by atoms with van der Waals surface area (Å²) in [5, 5.41) is 3.21. The van der Waals surface area contributed by atoms with Crippen molar-refractivity contribution in [3.8, 4) is 16.9 Å². The van der Waals surface area contributed by atoms with Crippen LogP contribution < -0.4 is 15.8 Å². The van der Waals surface area contributed by atoms with Crippen molar-refractivity contribution >= 4 is 17.6 Å². The molecule has 3 N–H and O–H groups in total. The molecule has 1 aromatic heterocycles. The Hall–Kier alpha value is -4.73. The number of hydrogen-bond acceptors (Lipinski definition) is 7. The Balaban J connectivity index is 0.920. The van der Waals surface area contributed by atoms with Gasteiger partial charge >= 0.3 is 0 Å². The number of pyridine rings is 1. The minimum absolute atomic E-state index is 0.0786. The lowest BCUT2D eigenvalue weighted by Gasteiger charge is -2.36. The summed E-state index contributed by atoms with van der Waals surface area (Å²) in [6.07, 6.45) is 7.35. The Labute approximate surface area is 289 Å². The second kappa shape index (κ2) is 15.2. The van der Waals surface area contributed by atoms with Crippen LogP contribution in [0.25, 0.3) is 11.1 Å². The standard InChI is InChI=1S/C40H46N6O3/c41-38-37(49-28-30-9-6-10-33(23-30)39(47)43-35-15-20-44(27-35)26-29-7-2-1-3-8-29)24-34(25-42-38)31-11-13-32(14-12-31)40(48)46-21-16-36(17-22-46)45-18-4-5-19-45/h1-3,6-14,23-25,35-36H,4-5,15-22,26-28H2,(H2,41,42)(H,43,47). The Kier molecular flexibility index (Phi) is 10.2. The largest absolute Gasteiger partial charge is 0.485 e. The van der Waals surface area contributed by atoms with Gasteiger partial charge in [0.15, 0.2) is 11.6 Å². The maximum atomic E-state index is 13.3. The van der Waals surface area contributed by atoms with E-state index >= 15 is 0 Å². The molecule has 9 heteroatoms. The Morgan fingerprint density at radius 2 is 1.55 bits per heavy atom. The zero-order valence-electron chi connectivity index (χ0n) is 28.1. The highest BCUT2D eigenvalue weighted by Gasteiger charge is 2.29. The predicted molar refractivity (Wildman–Crippen MR) is 192 cm³/mol. The first-order valence-corrected chi connectivity index (χ1v) is 17.7. The van der Waals surface area contributed by atoms with Gasteiger partial charge in [-0.3, -0.25) is 14.5 Å². The van der Waals surface area contributed by atoms with Crippen molar-refractivity contribution in [2.45, 2.75) is 57.3 Å². The number of nitrogen functional groups attached to an aromatic ring is 1. The summed E-state index contributed by atoms with van der Waals surface area (Å²) in [5.74, 6) is 0.779. The molecular formula is C40H46N6O3. The van der Waals surface area contributed by atoms with E-state index in [9.17, 15) is 9.59 Å². The number of nitrogens with two attached hydrogens (primary N) is 1. The number of anilines is 1. The fourth-order valence-electron chi connectivity index (χ4n) is 7.43. The number of piperidine rings is 1. The highest BCUT2D eigenvalue weighted by Crippen LogP contribution is 2.29. The normalized spacial score (nSPS) is 18.9. The highest BCUT2D eigenvalue weighted by atomic mass is 16.5. The molecule has 1 unspecified atom stereocenters. The van der Waals surface area contributed by atoms with Crippen molar-refractivity contribution < 1.29 is 14.3 Å². The third-order valence-electron chi connectivity index (χ3n) is 10.2. The summed E-state index contributed by atoms with van der Waals surface area (Å²) < 4.78 is 6.12. The van der Waals surface area contributed by atoms with Crippen LogP contribution in [0.3, 0.4) is 0 Å². The number of carbonyl (C=O) groups is 2. The van der Waals surface area contributed by atoms with E-state index in [1.807, 2.05) is 65.6 Å². The second-order valence-electron chi connectivity index (χ2n) is 13.6. The van der Waals surface area contributed by atoms with Gasteiger partial charge in [0, 0.05) is 67.7 Å². The van der Waals surface area contributed by atoms with Crippen LogP contribution in [0.4, 0.5) is 5.82 Å². The number of hydrogen-bond donors (Lipinski definition) is 2. The summed E-state index contributed by atoms with van der Waals surface area (Å²) in [6, 6.07) is 28.2. The van der Waals surface area contributed by atoms with E-state index in [1.54, 1.807) is 6.20 Å². The molecule has 1 atom stereocenters. The molecule has 7 rings (SSSR count). The van der Waals surface area contributed by atoms with Gasteiger partial charge in [-0.1, -0.05) is 54.6 Å². The van der Waals surface area contributed by atoms with E-state index in [4.69, 9.17) is 10.5 Å². The summed E-state index contributed by atoms with van der Waals surface area (Å²) in [7, 11) is 0. The van der Waals surface area contributed by atoms with Crippen molar-refractivity contribution in [3.63, 3.8) is 0 Å². The van der Waals surface area contributed by atoms with Crippen LogP contribution in [0.1, 0.15) is 63.9 Å². The number of amides is 2. The molecule has 0 spiro atoms. The highest BCUT2D eigenvalue weighted by molar-refractivity contribution is 5.95. The average Bonchev–Trinajstić information content (AvgIpc) is 3.85. The summed E-state index contributed by atoms with van der Waals surface area (Å²) >= 11 is 0. The predicted octanol–water partition coefficient (Wildman–Crippen LogP) is 5.61. The number of nitrogens with zero attached hydrogens (tertiary/aromatic N) is 4. The molecule has 4 heterocycles. The number of aromatic nitrogens is 1. The minimum Gasteiger partial charge on any atom is -0.485 e. The zero-order chi connectivity index (χ0) is 33.6.